The quantitative estimate of drug-likeness (QED) is 0.257. The number of benzene rings is 3. The SMILES string of the molecule is Cc1ccc(F)c(N2C(=O)CSC2=NC(=O)Nc2ccc(/C=C/c3ncn(-c4ccc(OC(F)(F)F)cc4)n3)cc2)c1. The molecule has 5 rings (SSSR count). The predicted molar refractivity (Wildman–Crippen MR) is 151 cm³/mol. The van der Waals surface area contributed by atoms with Gasteiger partial charge in [0.1, 0.15) is 17.9 Å². The number of amidine groups is 1. The lowest BCUT2D eigenvalue weighted by Gasteiger charge is -2.17. The standard InChI is InChI=1S/C28H20F4N6O3S/c1-17-2-12-22(29)23(14-17)38-25(39)15-42-27(38)35-26(40)34-19-6-3-18(4-7-19)5-13-24-33-16-37(36-24)20-8-10-21(11-9-20)41-28(30,31)32/h2-14,16H,15H2,1H3,(H,34,40)/b13-5+,35-27?. The van der Waals surface area contributed by atoms with Crippen molar-refractivity contribution < 1.29 is 31.9 Å². The second-order valence-corrected chi connectivity index (χ2v) is 9.78. The van der Waals surface area contributed by atoms with Gasteiger partial charge < -0.3 is 10.1 Å². The van der Waals surface area contributed by atoms with E-state index in [1.54, 1.807) is 49.4 Å². The van der Waals surface area contributed by atoms with E-state index in [0.29, 0.717) is 17.2 Å². The summed E-state index contributed by atoms with van der Waals surface area (Å²) in [7, 11) is 0. The predicted octanol–water partition coefficient (Wildman–Crippen LogP) is 6.45. The molecule has 0 radical (unpaired) electrons. The Kier molecular flexibility index (Phi) is 8.06. The van der Waals surface area contributed by atoms with E-state index < -0.39 is 18.2 Å². The number of hydrogen-bond acceptors (Lipinski definition) is 6. The summed E-state index contributed by atoms with van der Waals surface area (Å²) in [6.45, 7) is 1.77. The fourth-order valence-electron chi connectivity index (χ4n) is 3.84. The van der Waals surface area contributed by atoms with Crippen LogP contribution in [0, 0.1) is 12.7 Å². The molecule has 1 aliphatic rings. The molecule has 0 saturated carbocycles. The fourth-order valence-corrected chi connectivity index (χ4v) is 4.70. The first kappa shape index (κ1) is 28.5. The van der Waals surface area contributed by atoms with Gasteiger partial charge in [0.2, 0.25) is 5.91 Å². The van der Waals surface area contributed by atoms with Crippen LogP contribution >= 0.6 is 11.8 Å². The van der Waals surface area contributed by atoms with Crippen LogP contribution in [0.4, 0.5) is 33.7 Å². The van der Waals surface area contributed by atoms with Crippen LogP contribution in [0.2, 0.25) is 0 Å². The number of alkyl halides is 3. The lowest BCUT2D eigenvalue weighted by Crippen LogP contribution is -2.31. The number of carbonyl (C=O) groups is 2. The molecule has 4 aromatic rings. The lowest BCUT2D eigenvalue weighted by molar-refractivity contribution is -0.274. The van der Waals surface area contributed by atoms with E-state index in [-0.39, 0.29) is 28.3 Å². The first-order valence-corrected chi connectivity index (χ1v) is 13.2. The molecule has 1 aromatic heterocycles. The molecule has 42 heavy (non-hydrogen) atoms. The summed E-state index contributed by atoms with van der Waals surface area (Å²) in [6, 6.07) is 15.6. The van der Waals surface area contributed by atoms with Crippen LogP contribution in [0.3, 0.4) is 0 Å². The second kappa shape index (κ2) is 11.9. The molecule has 214 valence electrons. The molecule has 1 aliphatic heterocycles. The summed E-state index contributed by atoms with van der Waals surface area (Å²) < 4.78 is 56.7. The highest BCUT2D eigenvalue weighted by molar-refractivity contribution is 8.15. The van der Waals surface area contributed by atoms with Crippen LogP contribution in [-0.2, 0) is 4.79 Å². The van der Waals surface area contributed by atoms with E-state index in [1.807, 2.05) is 0 Å². The number of carbonyl (C=O) groups excluding carboxylic acids is 2. The summed E-state index contributed by atoms with van der Waals surface area (Å²) in [4.78, 5) is 34.2. The fraction of sp³-hybridized carbons (Fsp3) is 0.107. The molecule has 9 nitrogen and oxygen atoms in total. The molecule has 0 aliphatic carbocycles. The zero-order valence-electron chi connectivity index (χ0n) is 21.7. The van der Waals surface area contributed by atoms with E-state index in [4.69, 9.17) is 0 Å². The van der Waals surface area contributed by atoms with E-state index in [2.05, 4.69) is 25.1 Å². The van der Waals surface area contributed by atoms with Gasteiger partial charge in [-0.3, -0.25) is 9.69 Å². The number of aromatic nitrogens is 3. The Labute approximate surface area is 240 Å². The molecular formula is C28H20F4N6O3S. The van der Waals surface area contributed by atoms with Crippen molar-refractivity contribution >= 4 is 52.4 Å². The maximum absolute atomic E-state index is 14.4. The number of halogens is 4. The third-order valence-electron chi connectivity index (χ3n) is 5.74. The topological polar surface area (TPSA) is 102 Å². The van der Waals surface area contributed by atoms with Crippen LogP contribution < -0.4 is 15.0 Å². The Hall–Kier alpha value is -4.98. The molecule has 1 fully saturated rings. The largest absolute Gasteiger partial charge is 0.573 e. The summed E-state index contributed by atoms with van der Waals surface area (Å²) in [5, 5.41) is 6.99. The van der Waals surface area contributed by atoms with Gasteiger partial charge in [0, 0.05) is 5.69 Å². The van der Waals surface area contributed by atoms with Crippen LogP contribution in [0.25, 0.3) is 17.8 Å². The minimum absolute atomic E-state index is 0.0385. The lowest BCUT2D eigenvalue weighted by atomic mass is 10.2. The number of aliphatic imine (C=N–C) groups is 1. The first-order chi connectivity index (χ1) is 20.0. The summed E-state index contributed by atoms with van der Waals surface area (Å²) >= 11 is 1.05. The molecule has 3 amide bonds. The Morgan fingerprint density at radius 1 is 1.07 bits per heavy atom. The third kappa shape index (κ3) is 7.01. The van der Waals surface area contributed by atoms with Gasteiger partial charge in [-0.2, -0.15) is 4.99 Å². The number of rotatable bonds is 6. The van der Waals surface area contributed by atoms with Crippen LogP contribution in [0.5, 0.6) is 5.75 Å². The van der Waals surface area contributed by atoms with Gasteiger partial charge in [-0.1, -0.05) is 36.0 Å². The Bertz CT molecular complexity index is 1690. The maximum Gasteiger partial charge on any atom is 0.573 e. The van der Waals surface area contributed by atoms with Crippen LogP contribution in [0.15, 0.2) is 78.0 Å². The number of urea groups is 1. The van der Waals surface area contributed by atoms with E-state index in [1.165, 1.54) is 47.4 Å². The first-order valence-electron chi connectivity index (χ1n) is 12.2. The highest BCUT2D eigenvalue weighted by atomic mass is 32.2. The number of amides is 3. The maximum atomic E-state index is 14.4. The van der Waals surface area contributed by atoms with E-state index in [9.17, 15) is 27.2 Å². The molecule has 1 saturated heterocycles. The van der Waals surface area contributed by atoms with Gasteiger partial charge in [-0.05, 0) is 72.7 Å². The van der Waals surface area contributed by atoms with Gasteiger partial charge in [-0.25, -0.2) is 18.9 Å². The molecule has 1 N–H and O–H groups in total. The highest BCUT2D eigenvalue weighted by Gasteiger charge is 2.32. The summed E-state index contributed by atoms with van der Waals surface area (Å²) in [5.74, 6) is -0.914. The second-order valence-electron chi connectivity index (χ2n) is 8.84. The highest BCUT2D eigenvalue weighted by Crippen LogP contribution is 2.30. The van der Waals surface area contributed by atoms with Crippen molar-refractivity contribution in [1.82, 2.24) is 14.8 Å². The van der Waals surface area contributed by atoms with Crippen molar-refractivity contribution in [3.8, 4) is 11.4 Å². The summed E-state index contributed by atoms with van der Waals surface area (Å²) in [5.41, 5.74) is 2.51. The van der Waals surface area contributed by atoms with Crippen molar-refractivity contribution in [1.29, 1.82) is 0 Å². The Morgan fingerprint density at radius 3 is 2.52 bits per heavy atom. The smallest absolute Gasteiger partial charge is 0.406 e. The zero-order valence-corrected chi connectivity index (χ0v) is 22.5. The zero-order chi connectivity index (χ0) is 29.9. The molecule has 3 aromatic carbocycles. The molecule has 14 heteroatoms. The third-order valence-corrected chi connectivity index (χ3v) is 6.66. The van der Waals surface area contributed by atoms with Gasteiger partial charge in [0.15, 0.2) is 11.0 Å². The number of hydrogen-bond donors (Lipinski definition) is 1. The van der Waals surface area contributed by atoms with Crippen molar-refractivity contribution in [2.75, 3.05) is 16.0 Å². The number of nitrogens with zero attached hydrogens (tertiary/aromatic N) is 5. The molecule has 0 spiro atoms. The monoisotopic (exact) mass is 596 g/mol. The van der Waals surface area contributed by atoms with Crippen molar-refractivity contribution in [2.24, 2.45) is 4.99 Å². The molecule has 0 unspecified atom stereocenters. The van der Waals surface area contributed by atoms with Crippen molar-refractivity contribution in [3.63, 3.8) is 0 Å². The molecule has 2 heterocycles. The summed E-state index contributed by atoms with van der Waals surface area (Å²) in [6.07, 6.45) is 0.0301. The molecule has 0 atom stereocenters. The minimum atomic E-state index is -4.77. The van der Waals surface area contributed by atoms with Crippen molar-refractivity contribution in [2.45, 2.75) is 13.3 Å². The van der Waals surface area contributed by atoms with Crippen molar-refractivity contribution in [3.05, 3.63) is 95.8 Å². The van der Waals surface area contributed by atoms with Gasteiger partial charge >= 0.3 is 12.4 Å². The number of thioether (sulfide) groups is 1. The van der Waals surface area contributed by atoms with Gasteiger partial charge in [-0.15, -0.1) is 18.3 Å². The van der Waals surface area contributed by atoms with E-state index in [0.717, 1.165) is 27.8 Å². The molecule has 0 bridgehead atoms. The van der Waals surface area contributed by atoms with Gasteiger partial charge in [0.05, 0.1) is 17.1 Å². The average molecular weight is 597 g/mol. The Morgan fingerprint density at radius 2 is 1.81 bits per heavy atom. The number of aryl methyl sites for hydroxylation is 1. The minimum Gasteiger partial charge on any atom is -0.406 e. The number of anilines is 2. The number of ether oxygens (including phenoxy) is 1. The average Bonchev–Trinajstić information content (AvgIpc) is 3.56. The van der Waals surface area contributed by atoms with Crippen LogP contribution in [-0.4, -0.2) is 44.0 Å². The molecular weight excluding hydrogens is 576 g/mol. The van der Waals surface area contributed by atoms with Gasteiger partial charge in [0.25, 0.3) is 0 Å². The normalized spacial score (nSPS) is 14.6. The number of nitrogens with one attached hydrogen (secondary N) is 1. The van der Waals surface area contributed by atoms with E-state index >= 15 is 0 Å². The Balaban J connectivity index is 1.20. The van der Waals surface area contributed by atoms with Crippen LogP contribution in [0.1, 0.15) is 17.0 Å².